The molecule has 0 aliphatic carbocycles. The summed E-state index contributed by atoms with van der Waals surface area (Å²) in [5.74, 6) is -1.73. The highest BCUT2D eigenvalue weighted by molar-refractivity contribution is 7.12. The summed E-state index contributed by atoms with van der Waals surface area (Å²) in [7, 11) is 0. The minimum absolute atomic E-state index is 0.818. The summed E-state index contributed by atoms with van der Waals surface area (Å²) in [6.45, 7) is 0. The SMILES string of the molecule is O=C(N=Cc1cccs1)C(=O)N=Cc1cccs1. The van der Waals surface area contributed by atoms with Crippen LogP contribution in [0.2, 0.25) is 0 Å². The molecule has 0 aromatic carbocycles. The first-order chi connectivity index (χ1) is 8.75. The predicted octanol–water partition coefficient (Wildman–Crippen LogP) is 2.40. The third-order valence-corrected chi connectivity index (χ3v) is 3.50. The van der Waals surface area contributed by atoms with Gasteiger partial charge in [-0.25, -0.2) is 9.98 Å². The van der Waals surface area contributed by atoms with Crippen molar-refractivity contribution in [2.75, 3.05) is 0 Å². The first kappa shape index (κ1) is 12.5. The van der Waals surface area contributed by atoms with E-state index in [0.29, 0.717) is 0 Å². The average molecular weight is 276 g/mol. The van der Waals surface area contributed by atoms with Gasteiger partial charge in [-0.3, -0.25) is 9.59 Å². The lowest BCUT2D eigenvalue weighted by Gasteiger charge is -1.86. The largest absolute Gasteiger partial charge is 0.337 e. The topological polar surface area (TPSA) is 58.9 Å². The number of carbonyl (C=O) groups excluding carboxylic acids is 2. The van der Waals surface area contributed by atoms with E-state index in [2.05, 4.69) is 9.98 Å². The molecule has 2 amide bonds. The van der Waals surface area contributed by atoms with Crippen LogP contribution in [0.1, 0.15) is 9.75 Å². The van der Waals surface area contributed by atoms with Crippen LogP contribution in [-0.2, 0) is 9.59 Å². The van der Waals surface area contributed by atoms with Crippen LogP contribution in [-0.4, -0.2) is 24.2 Å². The molecule has 0 atom stereocenters. The van der Waals surface area contributed by atoms with Crippen molar-refractivity contribution in [3.63, 3.8) is 0 Å². The molecular formula is C12H8N2O2S2. The molecule has 0 N–H and O–H groups in total. The molecule has 0 aliphatic rings. The smallest absolute Gasteiger partial charge is 0.261 e. The summed E-state index contributed by atoms with van der Waals surface area (Å²) in [5, 5.41) is 3.73. The normalized spacial score (nSPS) is 11.3. The number of nitrogens with zero attached hydrogens (tertiary/aromatic N) is 2. The van der Waals surface area contributed by atoms with Crippen molar-refractivity contribution >= 4 is 46.9 Å². The lowest BCUT2D eigenvalue weighted by molar-refractivity contribution is -0.134. The molecule has 0 aliphatic heterocycles. The Kier molecular flexibility index (Phi) is 4.27. The fourth-order valence-electron chi connectivity index (χ4n) is 1.08. The van der Waals surface area contributed by atoms with E-state index in [0.717, 1.165) is 9.75 Å². The van der Waals surface area contributed by atoms with Gasteiger partial charge in [0.2, 0.25) is 0 Å². The minimum Gasteiger partial charge on any atom is -0.261 e. The van der Waals surface area contributed by atoms with Crippen molar-refractivity contribution in [2.45, 2.75) is 0 Å². The molecule has 18 heavy (non-hydrogen) atoms. The van der Waals surface area contributed by atoms with Crippen LogP contribution < -0.4 is 0 Å². The molecular weight excluding hydrogens is 268 g/mol. The molecule has 0 bridgehead atoms. The molecule has 0 radical (unpaired) electrons. The standard InChI is InChI=1S/C12H8N2O2S2/c15-11(13-7-9-3-1-5-17-9)12(16)14-8-10-4-2-6-18-10/h1-8H. The third kappa shape index (κ3) is 3.54. The highest BCUT2D eigenvalue weighted by Crippen LogP contribution is 2.05. The van der Waals surface area contributed by atoms with Gasteiger partial charge in [0.15, 0.2) is 0 Å². The van der Waals surface area contributed by atoms with Crippen LogP contribution in [0.3, 0.4) is 0 Å². The highest BCUT2D eigenvalue weighted by atomic mass is 32.1. The second-order valence-corrected chi connectivity index (χ2v) is 5.12. The number of hydrogen-bond acceptors (Lipinski definition) is 4. The zero-order valence-corrected chi connectivity index (χ0v) is 10.8. The molecule has 0 saturated carbocycles. The van der Waals surface area contributed by atoms with Gasteiger partial charge in [-0.1, -0.05) is 12.1 Å². The van der Waals surface area contributed by atoms with Crippen LogP contribution in [0.25, 0.3) is 0 Å². The Hall–Kier alpha value is -1.92. The van der Waals surface area contributed by atoms with Crippen LogP contribution in [0.5, 0.6) is 0 Å². The van der Waals surface area contributed by atoms with Crippen LogP contribution in [0.15, 0.2) is 45.0 Å². The molecule has 0 unspecified atom stereocenters. The number of rotatable bonds is 2. The van der Waals surface area contributed by atoms with E-state index in [1.807, 2.05) is 22.9 Å². The fourth-order valence-corrected chi connectivity index (χ4v) is 2.25. The van der Waals surface area contributed by atoms with Crippen molar-refractivity contribution in [1.82, 2.24) is 0 Å². The van der Waals surface area contributed by atoms with Gasteiger partial charge in [0.25, 0.3) is 0 Å². The van der Waals surface area contributed by atoms with E-state index in [4.69, 9.17) is 0 Å². The number of carbonyl (C=O) groups is 2. The summed E-state index contributed by atoms with van der Waals surface area (Å²) in [4.78, 5) is 31.4. The molecule has 2 rings (SSSR count). The average Bonchev–Trinajstić information content (AvgIpc) is 3.05. The first-order valence-electron chi connectivity index (χ1n) is 4.99. The Morgan fingerprint density at radius 2 is 1.33 bits per heavy atom. The Morgan fingerprint density at radius 3 is 1.67 bits per heavy atom. The van der Waals surface area contributed by atoms with E-state index in [9.17, 15) is 9.59 Å². The fraction of sp³-hybridized carbons (Fsp3) is 0. The second kappa shape index (κ2) is 6.13. The molecule has 90 valence electrons. The second-order valence-electron chi connectivity index (χ2n) is 3.16. The van der Waals surface area contributed by atoms with E-state index < -0.39 is 11.8 Å². The Morgan fingerprint density at radius 1 is 0.889 bits per heavy atom. The Bertz CT molecular complexity index is 529. The zero-order chi connectivity index (χ0) is 12.8. The minimum atomic E-state index is -0.865. The van der Waals surface area contributed by atoms with Gasteiger partial charge < -0.3 is 0 Å². The number of thiophene rings is 2. The van der Waals surface area contributed by atoms with Crippen LogP contribution in [0.4, 0.5) is 0 Å². The van der Waals surface area contributed by atoms with E-state index in [1.165, 1.54) is 35.1 Å². The summed E-state index contributed by atoms with van der Waals surface area (Å²) >= 11 is 2.88. The van der Waals surface area contributed by atoms with Crippen molar-refractivity contribution in [1.29, 1.82) is 0 Å². The lowest BCUT2D eigenvalue weighted by atomic mass is 10.5. The van der Waals surface area contributed by atoms with Crippen LogP contribution in [0, 0.1) is 0 Å². The van der Waals surface area contributed by atoms with Gasteiger partial charge >= 0.3 is 11.8 Å². The van der Waals surface area contributed by atoms with Gasteiger partial charge in [0.05, 0.1) is 0 Å². The zero-order valence-electron chi connectivity index (χ0n) is 9.15. The van der Waals surface area contributed by atoms with Crippen molar-refractivity contribution in [3.8, 4) is 0 Å². The van der Waals surface area contributed by atoms with Crippen LogP contribution >= 0.6 is 22.7 Å². The van der Waals surface area contributed by atoms with Crippen molar-refractivity contribution < 1.29 is 9.59 Å². The Labute approximate surface area is 111 Å². The van der Waals surface area contributed by atoms with E-state index in [1.54, 1.807) is 12.1 Å². The quantitative estimate of drug-likeness (QED) is 0.624. The Balaban J connectivity index is 1.95. The molecule has 6 heteroatoms. The van der Waals surface area contributed by atoms with Crippen molar-refractivity contribution in [3.05, 3.63) is 44.8 Å². The molecule has 2 aromatic rings. The number of amides is 2. The summed E-state index contributed by atoms with van der Waals surface area (Å²) in [6, 6.07) is 7.29. The van der Waals surface area contributed by atoms with Crippen molar-refractivity contribution in [2.24, 2.45) is 9.98 Å². The summed E-state index contributed by atoms with van der Waals surface area (Å²) in [6.07, 6.45) is 2.73. The maximum absolute atomic E-state index is 11.3. The molecule has 0 saturated heterocycles. The third-order valence-electron chi connectivity index (χ3n) is 1.89. The van der Waals surface area contributed by atoms with Gasteiger partial charge in [-0.2, -0.15) is 0 Å². The molecule has 0 spiro atoms. The van der Waals surface area contributed by atoms with Gasteiger partial charge in [-0.15, -0.1) is 22.7 Å². The monoisotopic (exact) mass is 276 g/mol. The molecule has 2 aromatic heterocycles. The van der Waals surface area contributed by atoms with E-state index in [-0.39, 0.29) is 0 Å². The maximum Gasteiger partial charge on any atom is 0.337 e. The van der Waals surface area contributed by atoms with Gasteiger partial charge in [0.1, 0.15) is 0 Å². The highest BCUT2D eigenvalue weighted by Gasteiger charge is 2.09. The summed E-state index contributed by atoms with van der Waals surface area (Å²) in [5.41, 5.74) is 0. The number of hydrogen-bond donors (Lipinski definition) is 0. The lowest BCUT2D eigenvalue weighted by Crippen LogP contribution is -2.08. The number of aliphatic imine (C=N–C) groups is 2. The summed E-state index contributed by atoms with van der Waals surface area (Å²) < 4.78 is 0. The van der Waals surface area contributed by atoms with Gasteiger partial charge in [-0.05, 0) is 22.9 Å². The van der Waals surface area contributed by atoms with Gasteiger partial charge in [0, 0.05) is 22.2 Å². The molecule has 2 heterocycles. The van der Waals surface area contributed by atoms with E-state index >= 15 is 0 Å². The predicted molar refractivity (Wildman–Crippen MR) is 73.8 cm³/mol. The molecule has 4 nitrogen and oxygen atoms in total. The maximum atomic E-state index is 11.3. The molecule has 0 fully saturated rings. The first-order valence-corrected chi connectivity index (χ1v) is 6.75.